The zero-order valence-corrected chi connectivity index (χ0v) is 11.4. The lowest BCUT2D eigenvalue weighted by molar-refractivity contribution is -0.144. The standard InChI is InChI=1S/C14H23NO4/c1-9-12(5-6-19-9)8-15-13(16)10-3-2-4-11(7-10)14(17)18/h9-12H,2-8H2,1H3,(H,15,16)(H,17,18). The second-order valence-corrected chi connectivity index (χ2v) is 5.77. The van der Waals surface area contributed by atoms with Crippen LogP contribution >= 0.6 is 0 Å². The molecule has 1 saturated heterocycles. The summed E-state index contributed by atoms with van der Waals surface area (Å²) in [6.07, 6.45) is 4.03. The van der Waals surface area contributed by atoms with Crippen LogP contribution in [0.25, 0.3) is 0 Å². The van der Waals surface area contributed by atoms with Crippen LogP contribution in [0.3, 0.4) is 0 Å². The normalized spacial score (nSPS) is 35.0. The highest BCUT2D eigenvalue weighted by molar-refractivity contribution is 5.80. The fraction of sp³-hybridized carbons (Fsp3) is 0.857. The predicted octanol–water partition coefficient (Wildman–Crippen LogP) is 1.42. The van der Waals surface area contributed by atoms with Crippen LogP contribution in [0.2, 0.25) is 0 Å². The van der Waals surface area contributed by atoms with E-state index in [0.29, 0.717) is 25.3 Å². The van der Waals surface area contributed by atoms with Crippen molar-refractivity contribution in [3.63, 3.8) is 0 Å². The van der Waals surface area contributed by atoms with Crippen molar-refractivity contribution in [3.05, 3.63) is 0 Å². The molecular weight excluding hydrogens is 246 g/mol. The van der Waals surface area contributed by atoms with Crippen LogP contribution in [0.15, 0.2) is 0 Å². The van der Waals surface area contributed by atoms with Crippen LogP contribution in [0.4, 0.5) is 0 Å². The first kappa shape index (κ1) is 14.3. The number of aliphatic carboxylic acids is 1. The minimum absolute atomic E-state index is 0.0186. The predicted molar refractivity (Wildman–Crippen MR) is 69.6 cm³/mol. The van der Waals surface area contributed by atoms with Gasteiger partial charge in [0.2, 0.25) is 5.91 Å². The molecule has 0 aromatic carbocycles. The van der Waals surface area contributed by atoms with Gasteiger partial charge in [-0.15, -0.1) is 0 Å². The van der Waals surface area contributed by atoms with Gasteiger partial charge in [-0.2, -0.15) is 0 Å². The molecule has 2 aliphatic rings. The van der Waals surface area contributed by atoms with E-state index in [-0.39, 0.29) is 23.8 Å². The van der Waals surface area contributed by atoms with Crippen molar-refractivity contribution < 1.29 is 19.4 Å². The van der Waals surface area contributed by atoms with Gasteiger partial charge in [0.05, 0.1) is 12.0 Å². The van der Waals surface area contributed by atoms with Crippen molar-refractivity contribution in [1.29, 1.82) is 0 Å². The Balaban J connectivity index is 1.77. The van der Waals surface area contributed by atoms with Crippen molar-refractivity contribution >= 4 is 11.9 Å². The summed E-state index contributed by atoms with van der Waals surface area (Å²) in [5.74, 6) is -0.839. The van der Waals surface area contributed by atoms with Crippen LogP contribution in [0, 0.1) is 17.8 Å². The van der Waals surface area contributed by atoms with E-state index in [4.69, 9.17) is 9.84 Å². The van der Waals surface area contributed by atoms with E-state index in [9.17, 15) is 9.59 Å². The molecule has 5 heteroatoms. The minimum Gasteiger partial charge on any atom is -0.481 e. The second-order valence-electron chi connectivity index (χ2n) is 5.77. The Kier molecular flexibility index (Phi) is 4.80. The molecule has 1 saturated carbocycles. The number of carbonyl (C=O) groups is 2. The highest BCUT2D eigenvalue weighted by Crippen LogP contribution is 2.29. The maximum atomic E-state index is 12.1. The molecule has 0 bridgehead atoms. The van der Waals surface area contributed by atoms with Crippen molar-refractivity contribution in [2.45, 2.75) is 45.1 Å². The Hall–Kier alpha value is -1.10. The van der Waals surface area contributed by atoms with Gasteiger partial charge in [-0.25, -0.2) is 0 Å². The summed E-state index contributed by atoms with van der Waals surface area (Å²) in [5, 5.41) is 12.0. The number of hydrogen-bond donors (Lipinski definition) is 2. The molecule has 0 spiro atoms. The monoisotopic (exact) mass is 269 g/mol. The smallest absolute Gasteiger partial charge is 0.306 e. The van der Waals surface area contributed by atoms with Gasteiger partial charge in [0.1, 0.15) is 0 Å². The molecule has 4 unspecified atom stereocenters. The van der Waals surface area contributed by atoms with Crippen LogP contribution in [-0.2, 0) is 14.3 Å². The van der Waals surface area contributed by atoms with Crippen molar-refractivity contribution in [2.24, 2.45) is 17.8 Å². The molecule has 1 amide bonds. The van der Waals surface area contributed by atoms with Crippen molar-refractivity contribution in [3.8, 4) is 0 Å². The summed E-state index contributed by atoms with van der Waals surface area (Å²) in [6.45, 7) is 3.45. The highest BCUT2D eigenvalue weighted by atomic mass is 16.5. The molecule has 2 rings (SSSR count). The average molecular weight is 269 g/mol. The van der Waals surface area contributed by atoms with Crippen LogP contribution in [-0.4, -0.2) is 36.2 Å². The number of ether oxygens (including phenoxy) is 1. The summed E-state index contributed by atoms with van der Waals surface area (Å²) in [6, 6.07) is 0. The zero-order valence-electron chi connectivity index (χ0n) is 11.4. The number of rotatable bonds is 4. The first-order valence-corrected chi connectivity index (χ1v) is 7.20. The number of carbonyl (C=O) groups excluding carboxylic acids is 1. The maximum absolute atomic E-state index is 12.1. The molecule has 1 aliphatic carbocycles. The Morgan fingerprint density at radius 2 is 2.00 bits per heavy atom. The van der Waals surface area contributed by atoms with Gasteiger partial charge in [-0.1, -0.05) is 6.42 Å². The lowest BCUT2D eigenvalue weighted by Crippen LogP contribution is -2.38. The molecule has 2 fully saturated rings. The Morgan fingerprint density at radius 3 is 2.63 bits per heavy atom. The molecule has 1 aliphatic heterocycles. The lowest BCUT2D eigenvalue weighted by Gasteiger charge is -2.26. The van der Waals surface area contributed by atoms with Gasteiger partial charge in [-0.3, -0.25) is 9.59 Å². The molecule has 0 aromatic rings. The Bertz CT molecular complexity index is 344. The molecule has 5 nitrogen and oxygen atoms in total. The van der Waals surface area contributed by atoms with Crippen LogP contribution in [0.5, 0.6) is 0 Å². The summed E-state index contributed by atoms with van der Waals surface area (Å²) in [5.41, 5.74) is 0. The SMILES string of the molecule is CC1OCCC1CNC(=O)C1CCCC(C(=O)O)C1. The second kappa shape index (κ2) is 6.37. The maximum Gasteiger partial charge on any atom is 0.306 e. The molecule has 4 atom stereocenters. The van der Waals surface area contributed by atoms with E-state index in [1.165, 1.54) is 0 Å². The molecular formula is C14H23NO4. The van der Waals surface area contributed by atoms with E-state index < -0.39 is 5.97 Å². The number of nitrogens with one attached hydrogen (secondary N) is 1. The summed E-state index contributed by atoms with van der Waals surface area (Å²) in [7, 11) is 0. The molecule has 0 radical (unpaired) electrons. The quantitative estimate of drug-likeness (QED) is 0.809. The third-order valence-corrected chi connectivity index (χ3v) is 4.47. The van der Waals surface area contributed by atoms with Crippen molar-refractivity contribution in [2.75, 3.05) is 13.2 Å². The lowest BCUT2D eigenvalue weighted by atomic mass is 9.81. The Morgan fingerprint density at radius 1 is 1.26 bits per heavy atom. The molecule has 0 aromatic heterocycles. The van der Waals surface area contributed by atoms with Crippen LogP contribution < -0.4 is 5.32 Å². The molecule has 2 N–H and O–H groups in total. The van der Waals surface area contributed by atoms with E-state index in [0.717, 1.165) is 25.9 Å². The average Bonchev–Trinajstić information content (AvgIpc) is 2.81. The van der Waals surface area contributed by atoms with E-state index in [2.05, 4.69) is 5.32 Å². The molecule has 1 heterocycles. The topological polar surface area (TPSA) is 75.6 Å². The van der Waals surface area contributed by atoms with E-state index in [1.54, 1.807) is 0 Å². The fourth-order valence-corrected chi connectivity index (χ4v) is 3.07. The summed E-state index contributed by atoms with van der Waals surface area (Å²) >= 11 is 0. The third kappa shape index (κ3) is 3.69. The number of amides is 1. The zero-order chi connectivity index (χ0) is 13.8. The number of hydrogen-bond acceptors (Lipinski definition) is 3. The number of carboxylic acids is 1. The van der Waals surface area contributed by atoms with Gasteiger partial charge in [-0.05, 0) is 32.6 Å². The van der Waals surface area contributed by atoms with Gasteiger partial charge >= 0.3 is 5.97 Å². The first-order valence-electron chi connectivity index (χ1n) is 7.20. The Labute approximate surface area is 113 Å². The largest absolute Gasteiger partial charge is 0.481 e. The van der Waals surface area contributed by atoms with Crippen molar-refractivity contribution in [1.82, 2.24) is 5.32 Å². The van der Waals surface area contributed by atoms with E-state index >= 15 is 0 Å². The van der Waals surface area contributed by atoms with Gasteiger partial charge in [0.15, 0.2) is 0 Å². The number of carboxylic acid groups (broad SMARTS) is 1. The molecule has 108 valence electrons. The van der Waals surface area contributed by atoms with Gasteiger partial charge < -0.3 is 15.2 Å². The third-order valence-electron chi connectivity index (χ3n) is 4.47. The molecule has 19 heavy (non-hydrogen) atoms. The summed E-state index contributed by atoms with van der Waals surface area (Å²) in [4.78, 5) is 23.1. The minimum atomic E-state index is -0.768. The first-order chi connectivity index (χ1) is 9.08. The van der Waals surface area contributed by atoms with Gasteiger partial charge in [0, 0.05) is 25.0 Å². The fourth-order valence-electron chi connectivity index (χ4n) is 3.07. The van der Waals surface area contributed by atoms with Gasteiger partial charge in [0.25, 0.3) is 0 Å². The highest BCUT2D eigenvalue weighted by Gasteiger charge is 2.32. The van der Waals surface area contributed by atoms with E-state index in [1.807, 2.05) is 6.92 Å². The summed E-state index contributed by atoms with van der Waals surface area (Å²) < 4.78 is 5.46. The van der Waals surface area contributed by atoms with Crippen LogP contribution in [0.1, 0.15) is 39.0 Å².